The summed E-state index contributed by atoms with van der Waals surface area (Å²) in [7, 11) is 0. The number of hydrogen-bond acceptors (Lipinski definition) is 3. The van der Waals surface area contributed by atoms with E-state index in [4.69, 9.17) is 27.4 Å². The van der Waals surface area contributed by atoms with Crippen molar-refractivity contribution >= 4 is 23.1 Å². The van der Waals surface area contributed by atoms with Gasteiger partial charge >= 0.3 is 0 Å². The van der Waals surface area contributed by atoms with E-state index in [1.165, 1.54) is 27.8 Å². The highest BCUT2D eigenvalue weighted by Crippen LogP contribution is 2.35. The Morgan fingerprint density at radius 2 is 1.70 bits per heavy atom. The Labute approximate surface area is 201 Å². The molecular weight excluding hydrogens is 428 g/mol. The predicted molar refractivity (Wildman–Crippen MR) is 139 cm³/mol. The van der Waals surface area contributed by atoms with Gasteiger partial charge in [-0.2, -0.15) is 5.10 Å². The molecule has 0 spiro atoms. The molecule has 0 aliphatic carbocycles. The van der Waals surface area contributed by atoms with Crippen molar-refractivity contribution < 1.29 is 0 Å². The van der Waals surface area contributed by atoms with Gasteiger partial charge < -0.3 is 5.73 Å². The Hall–Kier alpha value is -2.95. The summed E-state index contributed by atoms with van der Waals surface area (Å²) in [4.78, 5) is 4.87. The number of benzene rings is 3. The molecule has 5 heteroatoms. The van der Waals surface area contributed by atoms with Crippen LogP contribution in [0, 0.1) is 20.8 Å². The van der Waals surface area contributed by atoms with Gasteiger partial charge in [0.05, 0.1) is 30.8 Å². The number of nitrogens with zero attached hydrogens (tertiary/aromatic N) is 3. The molecular formula is C28H31ClN4. The van der Waals surface area contributed by atoms with Crippen LogP contribution in [0.1, 0.15) is 40.3 Å². The lowest BCUT2D eigenvalue weighted by molar-refractivity contribution is 0.421. The molecule has 0 saturated heterocycles. The van der Waals surface area contributed by atoms with E-state index in [0.717, 1.165) is 17.1 Å². The molecule has 0 fully saturated rings. The average molecular weight is 459 g/mol. The smallest absolute Gasteiger partial charge is 0.134 e. The summed E-state index contributed by atoms with van der Waals surface area (Å²) in [6.45, 7) is 10.2. The van der Waals surface area contributed by atoms with Gasteiger partial charge in [0.25, 0.3) is 0 Å². The van der Waals surface area contributed by atoms with Crippen LogP contribution >= 0.6 is 11.6 Å². The van der Waals surface area contributed by atoms with E-state index in [9.17, 15) is 0 Å². The Morgan fingerprint density at radius 1 is 1.00 bits per heavy atom. The second-order valence-corrected chi connectivity index (χ2v) is 9.50. The Morgan fingerprint density at radius 3 is 2.33 bits per heavy atom. The molecule has 170 valence electrons. The third-order valence-corrected chi connectivity index (χ3v) is 6.76. The number of hydrogen-bond donors (Lipinski definition) is 1. The fraction of sp³-hybridized carbons (Fsp3) is 0.286. The van der Waals surface area contributed by atoms with Crippen molar-refractivity contribution in [2.45, 2.75) is 39.7 Å². The van der Waals surface area contributed by atoms with Gasteiger partial charge in [-0.25, -0.2) is 5.01 Å². The summed E-state index contributed by atoms with van der Waals surface area (Å²) in [5, 5.41) is 7.74. The molecule has 2 N–H and O–H groups in total. The molecule has 1 unspecified atom stereocenters. The fourth-order valence-corrected chi connectivity index (χ4v) is 4.39. The molecule has 4 rings (SSSR count). The molecule has 3 aromatic carbocycles. The summed E-state index contributed by atoms with van der Waals surface area (Å²) in [6.07, 6.45) is 0. The molecule has 1 atom stereocenters. The molecule has 0 bridgehead atoms. The van der Waals surface area contributed by atoms with Gasteiger partial charge in [-0.05, 0) is 67.6 Å². The van der Waals surface area contributed by atoms with Crippen LogP contribution in [0.25, 0.3) is 0 Å². The van der Waals surface area contributed by atoms with E-state index in [0.29, 0.717) is 24.7 Å². The van der Waals surface area contributed by atoms with Crippen molar-refractivity contribution in [1.82, 2.24) is 5.01 Å². The minimum absolute atomic E-state index is 0.308. The predicted octanol–water partition coefficient (Wildman–Crippen LogP) is 5.80. The van der Waals surface area contributed by atoms with E-state index >= 15 is 0 Å². The maximum Gasteiger partial charge on any atom is 0.134 e. The van der Waals surface area contributed by atoms with Crippen LogP contribution in [0.3, 0.4) is 0 Å². The van der Waals surface area contributed by atoms with Crippen LogP contribution in [0.5, 0.6) is 0 Å². The maximum absolute atomic E-state index is 6.16. The lowest BCUT2D eigenvalue weighted by Crippen LogP contribution is -2.39. The quantitative estimate of drug-likeness (QED) is 0.388. The van der Waals surface area contributed by atoms with Gasteiger partial charge in [0, 0.05) is 5.02 Å². The highest BCUT2D eigenvalue weighted by molar-refractivity contribution is 6.30. The van der Waals surface area contributed by atoms with E-state index in [1.54, 1.807) is 0 Å². The number of aryl methyl sites for hydroxylation is 3. The van der Waals surface area contributed by atoms with Gasteiger partial charge in [-0.1, -0.05) is 71.8 Å². The molecule has 0 aromatic heterocycles. The van der Waals surface area contributed by atoms with Crippen LogP contribution in [0.4, 0.5) is 0 Å². The van der Waals surface area contributed by atoms with E-state index in [2.05, 4.69) is 70.2 Å². The highest BCUT2D eigenvalue weighted by atomic mass is 35.5. The minimum Gasteiger partial charge on any atom is -0.324 e. The number of rotatable bonds is 5. The summed E-state index contributed by atoms with van der Waals surface area (Å²) >= 11 is 6.16. The number of hydrazone groups is 1. The van der Waals surface area contributed by atoms with Gasteiger partial charge in [0.15, 0.2) is 0 Å². The zero-order valence-corrected chi connectivity index (χ0v) is 20.5. The second-order valence-electron chi connectivity index (χ2n) is 9.07. The normalized spacial score (nSPS) is 18.5. The number of amidine groups is 1. The van der Waals surface area contributed by atoms with Crippen molar-refractivity contribution in [2.24, 2.45) is 15.8 Å². The number of halogens is 1. The van der Waals surface area contributed by atoms with Crippen LogP contribution in [0.15, 0.2) is 76.8 Å². The molecule has 0 radical (unpaired) electrons. The summed E-state index contributed by atoms with van der Waals surface area (Å²) in [5.74, 6) is 0.788. The van der Waals surface area contributed by atoms with Crippen molar-refractivity contribution in [3.63, 3.8) is 0 Å². The van der Waals surface area contributed by atoms with E-state index in [1.807, 2.05) is 29.3 Å². The first kappa shape index (κ1) is 23.2. The molecule has 4 nitrogen and oxygen atoms in total. The van der Waals surface area contributed by atoms with Gasteiger partial charge in [-0.3, -0.25) is 4.99 Å². The van der Waals surface area contributed by atoms with Crippen molar-refractivity contribution in [2.75, 3.05) is 13.1 Å². The van der Waals surface area contributed by atoms with E-state index in [-0.39, 0.29) is 5.41 Å². The SMILES string of the molecule is Cc1ccc(C2(C)CN(C(CN)=NCc3ccc(C)c(C)c3)N=C2c2ccc(Cl)cc2)cc1. The first-order valence-electron chi connectivity index (χ1n) is 11.3. The van der Waals surface area contributed by atoms with Crippen LogP contribution < -0.4 is 5.73 Å². The Bertz CT molecular complexity index is 1200. The van der Waals surface area contributed by atoms with E-state index < -0.39 is 0 Å². The largest absolute Gasteiger partial charge is 0.324 e. The molecule has 33 heavy (non-hydrogen) atoms. The molecule has 1 aliphatic rings. The average Bonchev–Trinajstić information content (AvgIpc) is 3.16. The van der Waals surface area contributed by atoms with Crippen LogP contribution in [-0.2, 0) is 12.0 Å². The highest BCUT2D eigenvalue weighted by Gasteiger charge is 2.41. The topological polar surface area (TPSA) is 54.0 Å². The third-order valence-electron chi connectivity index (χ3n) is 6.51. The molecule has 0 amide bonds. The molecule has 1 heterocycles. The van der Waals surface area contributed by atoms with Crippen LogP contribution in [0.2, 0.25) is 5.02 Å². The van der Waals surface area contributed by atoms with Gasteiger partial charge in [0.1, 0.15) is 5.84 Å². The molecule has 0 saturated carbocycles. The summed E-state index contributed by atoms with van der Waals surface area (Å²) in [6, 6.07) is 23.0. The molecule has 3 aromatic rings. The van der Waals surface area contributed by atoms with Gasteiger partial charge in [0.2, 0.25) is 0 Å². The summed E-state index contributed by atoms with van der Waals surface area (Å²) in [5.41, 5.74) is 14.1. The maximum atomic E-state index is 6.16. The van der Waals surface area contributed by atoms with Crippen molar-refractivity contribution in [1.29, 1.82) is 0 Å². The Balaban J connectivity index is 1.70. The zero-order valence-electron chi connectivity index (χ0n) is 19.8. The lowest BCUT2D eigenvalue weighted by atomic mass is 9.76. The second kappa shape index (κ2) is 9.50. The lowest BCUT2D eigenvalue weighted by Gasteiger charge is -2.28. The monoisotopic (exact) mass is 458 g/mol. The number of nitrogens with two attached hydrogens (primary N) is 1. The van der Waals surface area contributed by atoms with Crippen molar-refractivity contribution in [3.05, 3.63) is 105 Å². The fourth-order valence-electron chi connectivity index (χ4n) is 4.26. The summed E-state index contributed by atoms with van der Waals surface area (Å²) < 4.78 is 0. The minimum atomic E-state index is -0.308. The third kappa shape index (κ3) is 4.87. The standard InChI is InChI=1S/C28H31ClN4/c1-19-5-11-24(12-6-19)28(4)18-33(32-27(28)23-9-13-25(29)14-10-23)26(16-30)31-17-22-8-7-20(2)21(3)15-22/h5-15H,16-18,30H2,1-4H3. The zero-order chi connectivity index (χ0) is 23.6. The Kier molecular flexibility index (Phi) is 6.68. The van der Waals surface area contributed by atoms with Gasteiger partial charge in [-0.15, -0.1) is 0 Å². The first-order valence-corrected chi connectivity index (χ1v) is 11.7. The van der Waals surface area contributed by atoms with Crippen LogP contribution in [-0.4, -0.2) is 29.6 Å². The van der Waals surface area contributed by atoms with Crippen molar-refractivity contribution in [3.8, 4) is 0 Å². The number of aliphatic imine (C=N–C) groups is 1. The first-order chi connectivity index (χ1) is 15.8. The molecule has 1 aliphatic heterocycles.